The normalized spacial score (nSPS) is 32.7. The zero-order chi connectivity index (χ0) is 51.1. The molecule has 12 atom stereocenters. The molecule has 10 aliphatic rings. The average molecular weight is 971 g/mol. The second-order valence-electron chi connectivity index (χ2n) is 29.5. The second-order valence-corrected chi connectivity index (χ2v) is 29.5. The molecule has 0 aliphatic heterocycles. The standard InChI is InChI=1S/C74H82/c1-71(2,3)45-27-25-43-29-47(73(7,8)9)33-55(53(43)31-45)61-39-67-66-38-60-52-24-16-20-42-18-14-22-50(70(42)52)58(60)36-64(66)62(56-34-48(74(10,11)12)30-44-26-28-46(32-54(44)56)72(4,5)6)40-68(67)65-37-59-51-23-15-19-41-17-13-21-49(69(41)51)57(59)35-63(61)65/h13-25,27,29-31,33-35,37,39,42,44,46,54,58,60,62-66,70H,26,28,32,36,38,40H2,1-12H3. The molecule has 12 unspecified atom stereocenters. The number of fused-ring (bicyclic) bond motifs is 12. The summed E-state index contributed by atoms with van der Waals surface area (Å²) in [5, 5.41) is 5.62. The molecule has 3 fully saturated rings. The predicted octanol–water partition coefficient (Wildman–Crippen LogP) is 19.5. The fraction of sp³-hybridized carbons (Fsp3) is 0.459. The molecule has 0 nitrogen and oxygen atoms in total. The Morgan fingerprint density at radius 1 is 0.514 bits per heavy atom. The van der Waals surface area contributed by atoms with Gasteiger partial charge in [-0.25, -0.2) is 0 Å². The Morgan fingerprint density at radius 3 is 1.85 bits per heavy atom. The van der Waals surface area contributed by atoms with E-state index in [1.165, 1.54) is 99.0 Å². The monoisotopic (exact) mass is 971 g/mol. The molecule has 10 aliphatic carbocycles. The lowest BCUT2D eigenvalue weighted by Crippen LogP contribution is -2.44. The average Bonchev–Trinajstić information content (AvgIpc) is 3.87. The number of rotatable bonds is 2. The van der Waals surface area contributed by atoms with Crippen molar-refractivity contribution in [3.63, 3.8) is 0 Å². The van der Waals surface area contributed by atoms with Crippen molar-refractivity contribution < 1.29 is 0 Å². The Kier molecular flexibility index (Phi) is 10.3. The van der Waals surface area contributed by atoms with Crippen LogP contribution in [0.3, 0.4) is 0 Å². The molecule has 74 heavy (non-hydrogen) atoms. The molecule has 0 N–H and O–H groups in total. The summed E-state index contributed by atoms with van der Waals surface area (Å²) in [6.07, 6.45) is 37.0. The molecule has 0 heterocycles. The summed E-state index contributed by atoms with van der Waals surface area (Å²) in [4.78, 5) is 0. The van der Waals surface area contributed by atoms with Crippen LogP contribution in [0.15, 0.2) is 167 Å². The molecule has 378 valence electrons. The molecule has 14 rings (SSSR count). The second kappa shape index (κ2) is 16.2. The Hall–Kier alpha value is -5.20. The van der Waals surface area contributed by atoms with Crippen LogP contribution in [0.1, 0.15) is 149 Å². The molecule has 0 radical (unpaired) electrons. The summed E-state index contributed by atoms with van der Waals surface area (Å²) in [7, 11) is 0. The van der Waals surface area contributed by atoms with E-state index in [9.17, 15) is 0 Å². The third-order valence-corrected chi connectivity index (χ3v) is 21.5. The minimum Gasteiger partial charge on any atom is -0.0771 e. The fourth-order valence-corrected chi connectivity index (χ4v) is 17.4. The topological polar surface area (TPSA) is 0 Å². The van der Waals surface area contributed by atoms with Crippen LogP contribution >= 0.6 is 0 Å². The lowest BCUT2D eigenvalue weighted by molar-refractivity contribution is 0.0958. The van der Waals surface area contributed by atoms with E-state index in [4.69, 9.17) is 0 Å². The Bertz CT molecular complexity index is 3420. The smallest absolute Gasteiger partial charge is 0.0134 e. The molecule has 0 bridgehead atoms. The van der Waals surface area contributed by atoms with Gasteiger partial charge in [0.1, 0.15) is 0 Å². The molecule has 0 saturated heterocycles. The number of hydrogen-bond donors (Lipinski definition) is 0. The number of allylic oxidation sites excluding steroid dienone is 20. The molecule has 0 amide bonds. The van der Waals surface area contributed by atoms with Gasteiger partial charge in [0.05, 0.1) is 0 Å². The van der Waals surface area contributed by atoms with Crippen LogP contribution in [0.4, 0.5) is 0 Å². The molecular formula is C74H82. The van der Waals surface area contributed by atoms with Crippen LogP contribution in [0.2, 0.25) is 0 Å². The molecule has 0 heteroatoms. The summed E-state index contributed by atoms with van der Waals surface area (Å²) in [6.45, 7) is 29.5. The van der Waals surface area contributed by atoms with Gasteiger partial charge in [-0.3, -0.25) is 0 Å². The van der Waals surface area contributed by atoms with E-state index in [1.54, 1.807) is 33.4 Å². The van der Waals surface area contributed by atoms with Crippen molar-refractivity contribution in [2.24, 2.45) is 81.8 Å². The van der Waals surface area contributed by atoms with Crippen LogP contribution in [-0.2, 0) is 10.8 Å². The largest absolute Gasteiger partial charge is 0.0771 e. The van der Waals surface area contributed by atoms with Crippen LogP contribution < -0.4 is 0 Å². The van der Waals surface area contributed by atoms with E-state index in [1.807, 2.05) is 5.57 Å². The first kappa shape index (κ1) is 47.3. The van der Waals surface area contributed by atoms with Crippen molar-refractivity contribution in [2.75, 3.05) is 0 Å². The molecule has 3 saturated carbocycles. The Labute approximate surface area is 445 Å². The molecule has 0 aromatic heterocycles. The highest BCUT2D eigenvalue weighted by Gasteiger charge is 2.56. The van der Waals surface area contributed by atoms with Gasteiger partial charge in [0.2, 0.25) is 0 Å². The third-order valence-electron chi connectivity index (χ3n) is 21.5. The SMILES string of the molecule is CC(C)(C)C1=CC2CCC(C(C)(C)C)CC2C(C2CC3=C(C=C(c4cc(C(C)(C)C)cc5ccc(C(C)(C)C)cc45)C4C=C5C(=CC34)c3cccc4cccc5c34)C3CC4C5=CC=CC6C=CC=C(C4CC23)C56)=C1. The van der Waals surface area contributed by atoms with Crippen LogP contribution in [0, 0.1) is 81.8 Å². The first-order valence-electron chi connectivity index (χ1n) is 29.4. The van der Waals surface area contributed by atoms with Crippen molar-refractivity contribution in [3.05, 3.63) is 195 Å². The maximum Gasteiger partial charge on any atom is 0.0134 e. The Balaban J connectivity index is 1.03. The molecule has 4 aromatic carbocycles. The van der Waals surface area contributed by atoms with Crippen LogP contribution in [0.25, 0.3) is 38.3 Å². The van der Waals surface area contributed by atoms with Gasteiger partial charge < -0.3 is 0 Å². The zero-order valence-corrected chi connectivity index (χ0v) is 46.9. The van der Waals surface area contributed by atoms with Gasteiger partial charge in [-0.1, -0.05) is 239 Å². The highest BCUT2D eigenvalue weighted by molar-refractivity contribution is 6.23. The maximum absolute atomic E-state index is 2.89. The predicted molar refractivity (Wildman–Crippen MR) is 315 cm³/mol. The fourth-order valence-electron chi connectivity index (χ4n) is 17.4. The first-order chi connectivity index (χ1) is 35.2. The summed E-state index contributed by atoms with van der Waals surface area (Å²) < 4.78 is 0. The molecule has 0 spiro atoms. The minimum absolute atomic E-state index is 0.00689. The summed E-state index contributed by atoms with van der Waals surface area (Å²) in [5.74, 6) is 6.43. The minimum atomic E-state index is 0.00689. The van der Waals surface area contributed by atoms with Crippen molar-refractivity contribution in [1.29, 1.82) is 0 Å². The van der Waals surface area contributed by atoms with E-state index >= 15 is 0 Å². The lowest BCUT2D eigenvalue weighted by Gasteiger charge is -2.54. The molecule has 4 aromatic rings. The van der Waals surface area contributed by atoms with E-state index in [0.717, 1.165) is 5.92 Å². The lowest BCUT2D eigenvalue weighted by atomic mass is 9.50. The van der Waals surface area contributed by atoms with Crippen molar-refractivity contribution >= 4 is 38.3 Å². The maximum atomic E-state index is 2.89. The van der Waals surface area contributed by atoms with Gasteiger partial charge in [0.15, 0.2) is 0 Å². The van der Waals surface area contributed by atoms with Crippen molar-refractivity contribution in [3.8, 4) is 0 Å². The van der Waals surface area contributed by atoms with E-state index in [0.29, 0.717) is 64.6 Å². The summed E-state index contributed by atoms with van der Waals surface area (Å²) in [5.41, 5.74) is 22.6. The van der Waals surface area contributed by atoms with Crippen LogP contribution in [0.5, 0.6) is 0 Å². The van der Waals surface area contributed by atoms with Gasteiger partial charge in [0, 0.05) is 23.7 Å². The molecular weight excluding hydrogens is 889 g/mol. The Morgan fingerprint density at radius 2 is 1.19 bits per heavy atom. The van der Waals surface area contributed by atoms with E-state index in [2.05, 4.69) is 217 Å². The van der Waals surface area contributed by atoms with Crippen molar-refractivity contribution in [1.82, 2.24) is 0 Å². The first-order valence-corrected chi connectivity index (χ1v) is 29.4. The highest BCUT2D eigenvalue weighted by atomic mass is 14.6. The van der Waals surface area contributed by atoms with Gasteiger partial charge in [-0.2, -0.15) is 0 Å². The number of benzene rings is 4. The van der Waals surface area contributed by atoms with Gasteiger partial charge in [-0.15, -0.1) is 0 Å². The van der Waals surface area contributed by atoms with Gasteiger partial charge in [-0.05, 0) is 185 Å². The van der Waals surface area contributed by atoms with Gasteiger partial charge in [0.25, 0.3) is 0 Å². The van der Waals surface area contributed by atoms with Crippen molar-refractivity contribution in [2.45, 2.75) is 132 Å². The highest BCUT2D eigenvalue weighted by Crippen LogP contribution is 2.67. The quantitative estimate of drug-likeness (QED) is 0.188. The van der Waals surface area contributed by atoms with Gasteiger partial charge >= 0.3 is 0 Å². The van der Waals surface area contributed by atoms with Crippen LogP contribution in [-0.4, -0.2) is 0 Å². The number of hydrogen-bond acceptors (Lipinski definition) is 0. The zero-order valence-electron chi connectivity index (χ0n) is 46.9. The summed E-state index contributed by atoms with van der Waals surface area (Å²) >= 11 is 0. The van der Waals surface area contributed by atoms with E-state index in [-0.39, 0.29) is 22.2 Å². The summed E-state index contributed by atoms with van der Waals surface area (Å²) in [6, 6.07) is 26.8. The van der Waals surface area contributed by atoms with E-state index < -0.39 is 0 Å². The third kappa shape index (κ3) is 7.17.